The van der Waals surface area contributed by atoms with Crippen LogP contribution in [0.2, 0.25) is 0 Å². The number of nitrogens with one attached hydrogen (secondary N) is 1. The highest BCUT2D eigenvalue weighted by molar-refractivity contribution is 5.98. The Morgan fingerprint density at radius 2 is 1.91 bits per heavy atom. The van der Waals surface area contributed by atoms with Crippen LogP contribution in [0.4, 0.5) is 5.82 Å². The lowest BCUT2D eigenvalue weighted by atomic mass is 10.1. The van der Waals surface area contributed by atoms with E-state index in [1.54, 1.807) is 4.90 Å². The maximum Gasteiger partial charge on any atom is 0.228 e. The minimum Gasteiger partial charge on any atom is -0.379 e. The molecule has 0 aliphatic carbocycles. The quantitative estimate of drug-likeness (QED) is 0.503. The summed E-state index contributed by atoms with van der Waals surface area (Å²) in [5.74, 6) is 0.719. The fraction of sp³-hybridized carbons (Fsp3) is 0.500. The predicted octanol–water partition coefficient (Wildman–Crippen LogP) is 2.40. The van der Waals surface area contributed by atoms with E-state index >= 15 is 0 Å². The largest absolute Gasteiger partial charge is 0.379 e. The number of nitrogens with zero attached hydrogens (tertiary/aromatic N) is 5. The number of carbonyl (C=O) groups excluding carboxylic acids is 2. The van der Waals surface area contributed by atoms with E-state index in [9.17, 15) is 9.59 Å². The number of anilines is 1. The third-order valence-corrected chi connectivity index (χ3v) is 6.90. The minimum absolute atomic E-state index is 0.0289. The van der Waals surface area contributed by atoms with Gasteiger partial charge in [0.1, 0.15) is 5.82 Å². The number of amides is 2. The van der Waals surface area contributed by atoms with Crippen molar-refractivity contribution in [1.29, 1.82) is 0 Å². The number of hydrogen-bond acceptors (Lipinski definition) is 5. The number of rotatable bonds is 8. The molecule has 1 aromatic carbocycles. The summed E-state index contributed by atoms with van der Waals surface area (Å²) < 4.78 is 9.38. The third kappa shape index (κ3) is 5.26. The summed E-state index contributed by atoms with van der Waals surface area (Å²) in [7, 11) is 2.03. The van der Waals surface area contributed by atoms with E-state index < -0.39 is 0 Å². The SMILES string of the molecule is Cn1cc(-c2cc3n(n2)CCCN3C(=O)CCC(=O)NCCCN2CCOCC2)c2ccccc21. The highest BCUT2D eigenvalue weighted by atomic mass is 16.5. The normalized spacial score (nSPS) is 16.4. The van der Waals surface area contributed by atoms with Crippen LogP contribution in [0, 0.1) is 0 Å². The molecule has 0 radical (unpaired) electrons. The number of ether oxygens (including phenoxy) is 1. The van der Waals surface area contributed by atoms with Crippen LogP contribution in [0.1, 0.15) is 25.7 Å². The Labute approximate surface area is 205 Å². The number of para-hydroxylation sites is 1. The summed E-state index contributed by atoms with van der Waals surface area (Å²) in [4.78, 5) is 29.5. The molecule has 35 heavy (non-hydrogen) atoms. The Bertz CT molecular complexity index is 1190. The van der Waals surface area contributed by atoms with E-state index in [0.29, 0.717) is 13.1 Å². The molecule has 2 aliphatic rings. The number of aryl methyl sites for hydroxylation is 2. The summed E-state index contributed by atoms with van der Waals surface area (Å²) in [5, 5.41) is 8.92. The molecule has 0 bridgehead atoms. The molecule has 2 amide bonds. The number of fused-ring (bicyclic) bond motifs is 2. The molecular weight excluding hydrogens is 444 g/mol. The number of carbonyl (C=O) groups is 2. The smallest absolute Gasteiger partial charge is 0.228 e. The van der Waals surface area contributed by atoms with Crippen molar-refractivity contribution >= 4 is 28.5 Å². The Morgan fingerprint density at radius 3 is 2.77 bits per heavy atom. The van der Waals surface area contributed by atoms with Gasteiger partial charge in [0.2, 0.25) is 11.8 Å². The maximum atomic E-state index is 13.0. The Hall–Kier alpha value is -3.17. The van der Waals surface area contributed by atoms with E-state index in [4.69, 9.17) is 9.84 Å². The lowest BCUT2D eigenvalue weighted by Crippen LogP contribution is -2.39. The predicted molar refractivity (Wildman–Crippen MR) is 135 cm³/mol. The molecule has 5 rings (SSSR count). The van der Waals surface area contributed by atoms with E-state index in [2.05, 4.69) is 33.1 Å². The van der Waals surface area contributed by atoms with Crippen LogP contribution in [-0.4, -0.2) is 77.0 Å². The van der Waals surface area contributed by atoms with Crippen LogP contribution in [0.3, 0.4) is 0 Å². The van der Waals surface area contributed by atoms with Crippen molar-refractivity contribution < 1.29 is 14.3 Å². The minimum atomic E-state index is -0.0673. The van der Waals surface area contributed by atoms with E-state index in [1.807, 2.05) is 29.9 Å². The molecule has 0 unspecified atom stereocenters. The highest BCUT2D eigenvalue weighted by Crippen LogP contribution is 2.33. The zero-order valence-electron chi connectivity index (χ0n) is 20.4. The van der Waals surface area contributed by atoms with Crippen LogP contribution in [-0.2, 0) is 27.9 Å². The van der Waals surface area contributed by atoms with Crippen LogP contribution in [0.5, 0.6) is 0 Å². The van der Waals surface area contributed by atoms with Crippen molar-refractivity contribution in [2.24, 2.45) is 7.05 Å². The van der Waals surface area contributed by atoms with E-state index in [0.717, 1.165) is 80.2 Å². The van der Waals surface area contributed by atoms with Gasteiger partial charge in [-0.3, -0.25) is 19.4 Å². The average molecular weight is 479 g/mol. The van der Waals surface area contributed by atoms with Gasteiger partial charge in [-0.2, -0.15) is 5.10 Å². The second-order valence-electron chi connectivity index (χ2n) is 9.34. The summed E-state index contributed by atoms with van der Waals surface area (Å²) in [5.41, 5.74) is 3.08. The molecule has 9 heteroatoms. The molecule has 1 fully saturated rings. The van der Waals surface area contributed by atoms with Crippen molar-refractivity contribution in [2.45, 2.75) is 32.2 Å². The molecule has 9 nitrogen and oxygen atoms in total. The molecule has 4 heterocycles. The number of aromatic nitrogens is 3. The van der Waals surface area contributed by atoms with Crippen LogP contribution in [0.15, 0.2) is 36.5 Å². The lowest BCUT2D eigenvalue weighted by molar-refractivity contribution is -0.125. The average Bonchev–Trinajstić information content (AvgIpc) is 3.47. The van der Waals surface area contributed by atoms with Crippen molar-refractivity contribution in [3.63, 3.8) is 0 Å². The van der Waals surface area contributed by atoms with Crippen molar-refractivity contribution in [3.8, 4) is 11.3 Å². The van der Waals surface area contributed by atoms with Crippen molar-refractivity contribution in [3.05, 3.63) is 36.5 Å². The summed E-state index contributed by atoms with van der Waals surface area (Å²) in [6, 6.07) is 10.3. The number of morpholine rings is 1. The van der Waals surface area contributed by atoms with Crippen molar-refractivity contribution in [2.75, 3.05) is 50.8 Å². The van der Waals surface area contributed by atoms with Gasteiger partial charge >= 0.3 is 0 Å². The van der Waals surface area contributed by atoms with Gasteiger partial charge in [-0.05, 0) is 25.5 Å². The van der Waals surface area contributed by atoms with Gasteiger partial charge < -0.3 is 14.6 Å². The van der Waals surface area contributed by atoms with E-state index in [-0.39, 0.29) is 24.7 Å². The van der Waals surface area contributed by atoms with Gasteiger partial charge in [-0.25, -0.2) is 4.68 Å². The zero-order chi connectivity index (χ0) is 24.2. The van der Waals surface area contributed by atoms with Gasteiger partial charge in [0.05, 0.1) is 18.9 Å². The fourth-order valence-electron chi connectivity index (χ4n) is 5.01. The Kier molecular flexibility index (Phi) is 7.15. The standard InChI is InChI=1S/C26H34N6O3/c1-29-19-21(20-6-2-3-7-23(20)29)22-18-25-31(12-5-13-32(25)28-22)26(34)9-8-24(33)27-10-4-11-30-14-16-35-17-15-30/h2-3,6-7,18-19H,4-5,8-17H2,1H3,(H,27,33). The van der Waals surface area contributed by atoms with Gasteiger partial charge in [0.25, 0.3) is 0 Å². The zero-order valence-corrected chi connectivity index (χ0v) is 20.4. The summed E-state index contributed by atoms with van der Waals surface area (Å²) in [6.45, 7) is 6.51. The van der Waals surface area contributed by atoms with Crippen LogP contribution >= 0.6 is 0 Å². The molecule has 0 atom stereocenters. The molecule has 186 valence electrons. The van der Waals surface area contributed by atoms with Crippen molar-refractivity contribution in [1.82, 2.24) is 24.6 Å². The number of hydrogen-bond donors (Lipinski definition) is 1. The summed E-state index contributed by atoms with van der Waals surface area (Å²) in [6.07, 6.45) is 4.25. The van der Waals surface area contributed by atoms with Gasteiger partial charge in [-0.15, -0.1) is 0 Å². The highest BCUT2D eigenvalue weighted by Gasteiger charge is 2.26. The van der Waals surface area contributed by atoms with Gasteiger partial charge in [0.15, 0.2) is 0 Å². The summed E-state index contributed by atoms with van der Waals surface area (Å²) >= 11 is 0. The monoisotopic (exact) mass is 478 g/mol. The first-order valence-corrected chi connectivity index (χ1v) is 12.6. The molecule has 2 aromatic heterocycles. The molecular formula is C26H34N6O3. The molecule has 0 spiro atoms. The molecule has 0 saturated carbocycles. The first-order valence-electron chi connectivity index (χ1n) is 12.6. The lowest BCUT2D eigenvalue weighted by Gasteiger charge is -2.27. The topological polar surface area (TPSA) is 84.6 Å². The molecule has 2 aliphatic heterocycles. The fourth-order valence-corrected chi connectivity index (χ4v) is 5.01. The van der Waals surface area contributed by atoms with Gasteiger partial charge in [-0.1, -0.05) is 18.2 Å². The Balaban J connectivity index is 1.17. The second kappa shape index (κ2) is 10.6. The Morgan fingerprint density at radius 1 is 1.09 bits per heavy atom. The van der Waals surface area contributed by atoms with Crippen LogP contribution < -0.4 is 10.2 Å². The number of benzene rings is 1. The first kappa shape index (κ1) is 23.6. The molecule has 3 aromatic rings. The van der Waals surface area contributed by atoms with Gasteiger partial charge in [0, 0.05) is 81.3 Å². The second-order valence-corrected chi connectivity index (χ2v) is 9.34. The van der Waals surface area contributed by atoms with Crippen LogP contribution in [0.25, 0.3) is 22.2 Å². The maximum absolute atomic E-state index is 13.0. The first-order chi connectivity index (χ1) is 17.1. The molecule has 1 saturated heterocycles. The third-order valence-electron chi connectivity index (χ3n) is 6.90. The van der Waals surface area contributed by atoms with E-state index in [1.165, 1.54) is 0 Å². The molecule has 1 N–H and O–H groups in total.